The molecule has 1 heterocycles. The molecule has 0 amide bonds. The lowest BCUT2D eigenvalue weighted by Gasteiger charge is -2.50. The number of rotatable bonds is 2. The number of halogens is 1. The number of hydrogen-bond donors (Lipinski definition) is 1. The minimum absolute atomic E-state index is 0.324. The summed E-state index contributed by atoms with van der Waals surface area (Å²) in [6, 6.07) is 6.97. The molecule has 2 fully saturated rings. The Kier molecular flexibility index (Phi) is 4.46. The number of hydrogen-bond acceptors (Lipinski definition) is 3. The Labute approximate surface area is 136 Å². The normalized spacial score (nSPS) is 25.1. The van der Waals surface area contributed by atoms with E-state index in [2.05, 4.69) is 51.3 Å². The van der Waals surface area contributed by atoms with Gasteiger partial charge in [0, 0.05) is 36.4 Å². The predicted octanol–water partition coefficient (Wildman–Crippen LogP) is 3.96. The predicted molar refractivity (Wildman–Crippen MR) is 91.3 cm³/mol. The molecule has 0 bridgehead atoms. The van der Waals surface area contributed by atoms with Crippen molar-refractivity contribution < 1.29 is 4.74 Å². The Bertz CT molecular complexity index is 500. The van der Waals surface area contributed by atoms with Gasteiger partial charge in [-0.2, -0.15) is 0 Å². The van der Waals surface area contributed by atoms with Crippen LogP contribution in [0.25, 0.3) is 0 Å². The molecule has 1 aromatic rings. The molecule has 1 spiro atoms. The van der Waals surface area contributed by atoms with Gasteiger partial charge in [0.15, 0.2) is 0 Å². The van der Waals surface area contributed by atoms with Crippen LogP contribution < -0.4 is 15.0 Å². The number of nitrogens with zero attached hydrogens (tertiary/aromatic N) is 1. The van der Waals surface area contributed by atoms with E-state index in [4.69, 9.17) is 4.74 Å². The third kappa shape index (κ3) is 3.07. The van der Waals surface area contributed by atoms with Gasteiger partial charge in [-0.15, -0.1) is 0 Å². The molecule has 21 heavy (non-hydrogen) atoms. The summed E-state index contributed by atoms with van der Waals surface area (Å²) < 4.78 is 6.48. The number of nitrogens with one attached hydrogen (secondary N) is 1. The van der Waals surface area contributed by atoms with Gasteiger partial charge in [-0.25, -0.2) is 0 Å². The van der Waals surface area contributed by atoms with E-state index in [0.29, 0.717) is 11.6 Å². The Morgan fingerprint density at radius 1 is 1.29 bits per heavy atom. The van der Waals surface area contributed by atoms with Gasteiger partial charge in [-0.05, 0) is 47.8 Å². The largest absolute Gasteiger partial charge is 0.495 e. The summed E-state index contributed by atoms with van der Waals surface area (Å²) in [5, 5.41) is 3.84. The van der Waals surface area contributed by atoms with E-state index in [-0.39, 0.29) is 0 Å². The Hall–Kier alpha value is -0.740. The van der Waals surface area contributed by atoms with E-state index in [1.807, 2.05) is 0 Å². The zero-order chi connectivity index (χ0) is 14.9. The van der Waals surface area contributed by atoms with Gasteiger partial charge in [0.2, 0.25) is 0 Å². The molecule has 1 saturated heterocycles. The van der Waals surface area contributed by atoms with Crippen LogP contribution in [-0.4, -0.2) is 31.8 Å². The molecule has 2 aliphatic rings. The fourth-order valence-electron chi connectivity index (χ4n) is 3.75. The molecule has 1 aromatic carbocycles. The molecule has 1 unspecified atom stereocenters. The zero-order valence-electron chi connectivity index (χ0n) is 13.0. The van der Waals surface area contributed by atoms with Crippen LogP contribution in [0.2, 0.25) is 0 Å². The average Bonchev–Trinajstić information content (AvgIpc) is 2.51. The van der Waals surface area contributed by atoms with Gasteiger partial charge in [0.05, 0.1) is 11.6 Å². The Morgan fingerprint density at radius 3 is 2.76 bits per heavy atom. The third-order valence-corrected chi connectivity index (χ3v) is 5.71. The van der Waals surface area contributed by atoms with Crippen molar-refractivity contribution in [1.82, 2.24) is 5.32 Å². The van der Waals surface area contributed by atoms with Crippen LogP contribution in [0.15, 0.2) is 22.7 Å². The highest BCUT2D eigenvalue weighted by Gasteiger charge is 2.38. The van der Waals surface area contributed by atoms with Crippen LogP contribution in [0.3, 0.4) is 0 Å². The van der Waals surface area contributed by atoms with Crippen molar-refractivity contribution in [2.24, 2.45) is 0 Å². The first-order valence-electron chi connectivity index (χ1n) is 7.99. The summed E-state index contributed by atoms with van der Waals surface area (Å²) in [6.45, 7) is 4.48. The van der Waals surface area contributed by atoms with Gasteiger partial charge in [-0.1, -0.05) is 19.3 Å². The second-order valence-corrected chi connectivity index (χ2v) is 7.37. The molecular weight excluding hydrogens is 328 g/mol. The summed E-state index contributed by atoms with van der Waals surface area (Å²) in [4.78, 5) is 2.55. The zero-order valence-corrected chi connectivity index (χ0v) is 14.6. The maximum Gasteiger partial charge on any atom is 0.135 e. The molecule has 3 rings (SSSR count). The van der Waals surface area contributed by atoms with Crippen molar-refractivity contribution in [3.05, 3.63) is 22.7 Å². The fraction of sp³-hybridized carbons (Fsp3) is 0.647. The molecule has 0 aromatic heterocycles. The Morgan fingerprint density at radius 2 is 2.05 bits per heavy atom. The van der Waals surface area contributed by atoms with Crippen molar-refractivity contribution in [2.45, 2.75) is 50.6 Å². The lowest BCUT2D eigenvalue weighted by atomic mass is 9.79. The fourth-order valence-corrected chi connectivity index (χ4v) is 4.16. The summed E-state index contributed by atoms with van der Waals surface area (Å²) in [7, 11) is 1.73. The summed E-state index contributed by atoms with van der Waals surface area (Å²) in [6.07, 6.45) is 6.73. The SMILES string of the molecule is COc1cc(N2CC3(CCCCC3)NCC2C)ccc1Br. The molecule has 1 saturated carbocycles. The molecule has 1 aliphatic carbocycles. The van der Waals surface area contributed by atoms with Crippen molar-refractivity contribution in [3.63, 3.8) is 0 Å². The smallest absolute Gasteiger partial charge is 0.135 e. The molecule has 3 nitrogen and oxygen atoms in total. The highest BCUT2D eigenvalue weighted by molar-refractivity contribution is 9.10. The van der Waals surface area contributed by atoms with E-state index < -0.39 is 0 Å². The summed E-state index contributed by atoms with van der Waals surface area (Å²) >= 11 is 3.54. The minimum atomic E-state index is 0.324. The van der Waals surface area contributed by atoms with E-state index in [1.165, 1.54) is 37.8 Å². The van der Waals surface area contributed by atoms with E-state index in [9.17, 15) is 0 Å². The molecular formula is C17H25BrN2O. The average molecular weight is 353 g/mol. The maximum atomic E-state index is 5.46. The number of anilines is 1. The van der Waals surface area contributed by atoms with Crippen LogP contribution in [-0.2, 0) is 0 Å². The highest BCUT2D eigenvalue weighted by atomic mass is 79.9. The Balaban J connectivity index is 1.85. The van der Waals surface area contributed by atoms with E-state index >= 15 is 0 Å². The number of piperazine rings is 1. The van der Waals surface area contributed by atoms with Gasteiger partial charge >= 0.3 is 0 Å². The van der Waals surface area contributed by atoms with Crippen LogP contribution in [0.4, 0.5) is 5.69 Å². The maximum absolute atomic E-state index is 5.46. The van der Waals surface area contributed by atoms with Crippen LogP contribution in [0, 0.1) is 0 Å². The van der Waals surface area contributed by atoms with Crippen molar-refractivity contribution in [1.29, 1.82) is 0 Å². The standard InChI is InChI=1S/C17H25BrN2O/c1-13-11-19-17(8-4-3-5-9-17)12-20(13)14-6-7-15(18)16(10-14)21-2/h6-7,10,13,19H,3-5,8-9,11-12H2,1-2H3. The van der Waals surface area contributed by atoms with E-state index in [1.54, 1.807) is 7.11 Å². The lowest BCUT2D eigenvalue weighted by Crippen LogP contribution is -2.64. The van der Waals surface area contributed by atoms with Crippen LogP contribution >= 0.6 is 15.9 Å². The summed E-state index contributed by atoms with van der Waals surface area (Å²) in [5.41, 5.74) is 1.60. The monoisotopic (exact) mass is 352 g/mol. The van der Waals surface area contributed by atoms with Gasteiger partial charge < -0.3 is 15.0 Å². The first-order chi connectivity index (χ1) is 10.1. The molecule has 1 aliphatic heterocycles. The minimum Gasteiger partial charge on any atom is -0.495 e. The van der Waals surface area contributed by atoms with Crippen molar-refractivity contribution in [3.8, 4) is 5.75 Å². The first-order valence-corrected chi connectivity index (χ1v) is 8.78. The topological polar surface area (TPSA) is 24.5 Å². The van der Waals surface area contributed by atoms with Gasteiger partial charge in [0.1, 0.15) is 5.75 Å². The second kappa shape index (κ2) is 6.17. The van der Waals surface area contributed by atoms with Crippen molar-refractivity contribution in [2.75, 3.05) is 25.1 Å². The summed E-state index contributed by atoms with van der Waals surface area (Å²) in [5.74, 6) is 0.913. The second-order valence-electron chi connectivity index (χ2n) is 6.52. The quantitative estimate of drug-likeness (QED) is 0.871. The third-order valence-electron chi connectivity index (χ3n) is 5.05. The lowest BCUT2D eigenvalue weighted by molar-refractivity contribution is 0.200. The molecule has 0 radical (unpaired) electrons. The highest BCUT2D eigenvalue weighted by Crippen LogP contribution is 2.36. The van der Waals surface area contributed by atoms with Gasteiger partial charge in [-0.3, -0.25) is 0 Å². The number of methoxy groups -OCH3 is 1. The van der Waals surface area contributed by atoms with Crippen LogP contribution in [0.1, 0.15) is 39.0 Å². The molecule has 116 valence electrons. The van der Waals surface area contributed by atoms with E-state index in [0.717, 1.165) is 23.3 Å². The van der Waals surface area contributed by atoms with Crippen molar-refractivity contribution >= 4 is 21.6 Å². The molecule has 4 heteroatoms. The van der Waals surface area contributed by atoms with Gasteiger partial charge in [0.25, 0.3) is 0 Å². The first kappa shape index (κ1) is 15.2. The molecule has 1 atom stereocenters. The molecule has 1 N–H and O–H groups in total. The van der Waals surface area contributed by atoms with Crippen LogP contribution in [0.5, 0.6) is 5.75 Å². The number of ether oxygens (including phenoxy) is 1. The number of benzene rings is 1.